The second kappa shape index (κ2) is 8.60. The van der Waals surface area contributed by atoms with Gasteiger partial charge in [-0.2, -0.15) is 11.8 Å². The monoisotopic (exact) mass is 372 g/mol. The number of aromatic nitrogens is 1. The molecular formula is C17H28N2O5S. The number of nitrogens with one attached hydrogen (secondary N) is 1. The fraction of sp³-hybridized carbons (Fsp3) is 0.706. The molecular weight excluding hydrogens is 344 g/mol. The third-order valence-corrected chi connectivity index (χ3v) is 4.03. The van der Waals surface area contributed by atoms with E-state index in [0.29, 0.717) is 17.4 Å². The van der Waals surface area contributed by atoms with E-state index in [2.05, 4.69) is 10.3 Å². The first-order valence-electron chi connectivity index (χ1n) is 8.14. The number of carboxylic acid groups (broad SMARTS) is 1. The normalized spacial score (nSPS) is 13.4. The highest BCUT2D eigenvalue weighted by molar-refractivity contribution is 7.98. The maximum absolute atomic E-state index is 11.7. The molecule has 7 nitrogen and oxygen atoms in total. The average Bonchev–Trinajstić information content (AvgIpc) is 2.88. The zero-order valence-corrected chi connectivity index (χ0v) is 16.5. The number of thioether (sulfide) groups is 1. The van der Waals surface area contributed by atoms with Gasteiger partial charge in [0.25, 0.3) is 0 Å². The minimum Gasteiger partial charge on any atom is -0.480 e. The van der Waals surface area contributed by atoms with Crippen LogP contribution in [0.2, 0.25) is 0 Å². The van der Waals surface area contributed by atoms with E-state index < -0.39 is 23.7 Å². The summed E-state index contributed by atoms with van der Waals surface area (Å²) in [6, 6.07) is -0.989. The number of amides is 1. The van der Waals surface area contributed by atoms with Gasteiger partial charge in [0.15, 0.2) is 0 Å². The zero-order chi connectivity index (χ0) is 19.3. The molecule has 1 aromatic rings. The Morgan fingerprint density at radius 1 is 1.32 bits per heavy atom. The molecule has 0 spiro atoms. The van der Waals surface area contributed by atoms with Crippen LogP contribution in [0.3, 0.4) is 0 Å². The van der Waals surface area contributed by atoms with Crippen LogP contribution in [-0.4, -0.2) is 39.5 Å². The molecule has 2 N–H and O–H groups in total. The second-order valence-corrected chi connectivity index (χ2v) is 8.85. The highest BCUT2D eigenvalue weighted by atomic mass is 32.2. The van der Waals surface area contributed by atoms with E-state index >= 15 is 0 Å². The van der Waals surface area contributed by atoms with Crippen LogP contribution in [0.15, 0.2) is 10.6 Å². The number of hydrogen-bond donors (Lipinski definition) is 2. The molecule has 1 atom stereocenters. The standard InChI is InChI=1S/C17H28N2O5S/c1-16(2,3)12-9-18-13(23-12)10-25-8-7-11(14(20)21)19-15(22)24-17(4,5)6/h9,11H,7-8,10H2,1-6H3,(H,19,22)(H,20,21). The van der Waals surface area contributed by atoms with Crippen molar-refractivity contribution in [3.8, 4) is 0 Å². The molecule has 0 bridgehead atoms. The highest BCUT2D eigenvalue weighted by Crippen LogP contribution is 2.24. The van der Waals surface area contributed by atoms with Crippen LogP contribution in [0.5, 0.6) is 0 Å². The number of hydrogen-bond acceptors (Lipinski definition) is 6. The van der Waals surface area contributed by atoms with Crippen molar-refractivity contribution in [1.82, 2.24) is 10.3 Å². The maximum Gasteiger partial charge on any atom is 0.408 e. The van der Waals surface area contributed by atoms with Crippen molar-refractivity contribution in [1.29, 1.82) is 0 Å². The molecule has 0 fully saturated rings. The molecule has 1 heterocycles. The van der Waals surface area contributed by atoms with Gasteiger partial charge in [-0.15, -0.1) is 0 Å². The van der Waals surface area contributed by atoms with Gasteiger partial charge in [0.05, 0.1) is 11.9 Å². The van der Waals surface area contributed by atoms with Gasteiger partial charge in [-0.3, -0.25) is 0 Å². The summed E-state index contributed by atoms with van der Waals surface area (Å²) in [6.45, 7) is 11.3. The smallest absolute Gasteiger partial charge is 0.408 e. The summed E-state index contributed by atoms with van der Waals surface area (Å²) >= 11 is 1.50. The van der Waals surface area contributed by atoms with Crippen molar-refractivity contribution < 1.29 is 23.8 Å². The minimum atomic E-state index is -1.09. The number of carboxylic acids is 1. The Hall–Kier alpha value is -1.70. The number of rotatable bonds is 7. The summed E-state index contributed by atoms with van der Waals surface area (Å²) in [6.07, 6.45) is 1.28. The molecule has 1 amide bonds. The van der Waals surface area contributed by atoms with E-state index in [0.717, 1.165) is 5.76 Å². The van der Waals surface area contributed by atoms with E-state index in [9.17, 15) is 14.7 Å². The zero-order valence-electron chi connectivity index (χ0n) is 15.7. The lowest BCUT2D eigenvalue weighted by atomic mass is 9.94. The van der Waals surface area contributed by atoms with Crippen molar-refractivity contribution in [2.75, 3.05) is 5.75 Å². The summed E-state index contributed by atoms with van der Waals surface area (Å²) in [5, 5.41) is 11.6. The first kappa shape index (κ1) is 21.3. The Bertz CT molecular complexity index is 587. The predicted octanol–water partition coefficient (Wildman–Crippen LogP) is 3.57. The van der Waals surface area contributed by atoms with Crippen LogP contribution in [0.1, 0.15) is 59.6 Å². The lowest BCUT2D eigenvalue weighted by molar-refractivity contribution is -0.139. The van der Waals surface area contributed by atoms with Gasteiger partial charge in [-0.05, 0) is 32.9 Å². The molecule has 0 aliphatic heterocycles. The molecule has 0 saturated heterocycles. The summed E-state index contributed by atoms with van der Waals surface area (Å²) in [5.74, 6) is 1.44. The molecule has 1 aromatic heterocycles. The summed E-state index contributed by atoms with van der Waals surface area (Å²) in [7, 11) is 0. The van der Waals surface area contributed by atoms with Crippen LogP contribution in [0, 0.1) is 0 Å². The van der Waals surface area contributed by atoms with Crippen LogP contribution in [-0.2, 0) is 20.7 Å². The van der Waals surface area contributed by atoms with Crippen LogP contribution >= 0.6 is 11.8 Å². The topological polar surface area (TPSA) is 102 Å². The van der Waals surface area contributed by atoms with Crippen molar-refractivity contribution in [2.45, 2.75) is 70.8 Å². The number of ether oxygens (including phenoxy) is 1. The number of carbonyl (C=O) groups is 2. The van der Waals surface area contributed by atoms with Crippen LogP contribution in [0.4, 0.5) is 4.79 Å². The van der Waals surface area contributed by atoms with Gasteiger partial charge in [-0.25, -0.2) is 14.6 Å². The van der Waals surface area contributed by atoms with Gasteiger partial charge >= 0.3 is 12.1 Å². The quantitative estimate of drug-likeness (QED) is 0.705. The number of carbonyl (C=O) groups excluding carboxylic acids is 1. The first-order chi connectivity index (χ1) is 11.4. The van der Waals surface area contributed by atoms with Crippen molar-refractivity contribution in [2.24, 2.45) is 0 Å². The van der Waals surface area contributed by atoms with Crippen molar-refractivity contribution in [3.05, 3.63) is 17.8 Å². The molecule has 0 saturated carbocycles. The second-order valence-electron chi connectivity index (χ2n) is 7.75. The Balaban J connectivity index is 2.42. The van der Waals surface area contributed by atoms with Crippen LogP contribution < -0.4 is 5.32 Å². The van der Waals surface area contributed by atoms with E-state index in [1.54, 1.807) is 27.0 Å². The summed E-state index contributed by atoms with van der Waals surface area (Å²) in [4.78, 5) is 27.2. The lowest BCUT2D eigenvalue weighted by Crippen LogP contribution is -2.43. The maximum atomic E-state index is 11.7. The SMILES string of the molecule is CC(C)(C)OC(=O)NC(CCSCc1ncc(C(C)(C)C)o1)C(=O)O. The van der Waals surface area contributed by atoms with Crippen molar-refractivity contribution in [3.63, 3.8) is 0 Å². The minimum absolute atomic E-state index is 0.0956. The van der Waals surface area contributed by atoms with Gasteiger partial charge in [0.1, 0.15) is 17.4 Å². The average molecular weight is 372 g/mol. The third kappa shape index (κ3) is 8.29. The van der Waals surface area contributed by atoms with E-state index in [1.807, 2.05) is 20.8 Å². The number of alkyl carbamates (subject to hydrolysis) is 1. The molecule has 0 aromatic carbocycles. The molecule has 1 rings (SSSR count). The molecule has 1 unspecified atom stereocenters. The van der Waals surface area contributed by atoms with Crippen LogP contribution in [0.25, 0.3) is 0 Å². The summed E-state index contributed by atoms with van der Waals surface area (Å²) in [5.41, 5.74) is -0.765. The molecule has 8 heteroatoms. The van der Waals surface area contributed by atoms with Crippen molar-refractivity contribution >= 4 is 23.8 Å². The highest BCUT2D eigenvalue weighted by Gasteiger charge is 2.24. The van der Waals surface area contributed by atoms with Gasteiger partial charge in [-0.1, -0.05) is 20.8 Å². The van der Waals surface area contributed by atoms with Gasteiger partial charge < -0.3 is 19.6 Å². The number of oxazole rings is 1. The first-order valence-corrected chi connectivity index (χ1v) is 9.29. The van der Waals surface area contributed by atoms with E-state index in [-0.39, 0.29) is 11.8 Å². The largest absolute Gasteiger partial charge is 0.480 e. The fourth-order valence-corrected chi connectivity index (χ4v) is 2.65. The Kier molecular flexibility index (Phi) is 7.34. The summed E-state index contributed by atoms with van der Waals surface area (Å²) < 4.78 is 10.8. The molecule has 0 radical (unpaired) electrons. The fourth-order valence-electron chi connectivity index (χ4n) is 1.79. The predicted molar refractivity (Wildman–Crippen MR) is 96.8 cm³/mol. The Morgan fingerprint density at radius 3 is 2.44 bits per heavy atom. The number of aliphatic carboxylic acids is 1. The Morgan fingerprint density at radius 2 is 1.96 bits per heavy atom. The molecule has 0 aliphatic rings. The van der Waals surface area contributed by atoms with Gasteiger partial charge in [0.2, 0.25) is 5.89 Å². The van der Waals surface area contributed by atoms with Gasteiger partial charge in [0, 0.05) is 5.41 Å². The molecule has 25 heavy (non-hydrogen) atoms. The molecule has 0 aliphatic carbocycles. The third-order valence-electron chi connectivity index (χ3n) is 3.06. The lowest BCUT2D eigenvalue weighted by Gasteiger charge is -2.21. The molecule has 142 valence electrons. The van der Waals surface area contributed by atoms with E-state index in [4.69, 9.17) is 9.15 Å². The number of nitrogens with zero attached hydrogens (tertiary/aromatic N) is 1. The Labute approximate surface area is 152 Å². The van der Waals surface area contributed by atoms with E-state index in [1.165, 1.54) is 11.8 Å².